The van der Waals surface area contributed by atoms with Crippen LogP contribution < -0.4 is 4.74 Å². The van der Waals surface area contributed by atoms with Crippen LogP contribution in [0.15, 0.2) is 170 Å². The predicted octanol–water partition coefficient (Wildman–Crippen LogP) is 11.0. The largest absolute Gasteiger partial charge is 0.461 e. The summed E-state index contributed by atoms with van der Waals surface area (Å²) >= 11 is 0. The van der Waals surface area contributed by atoms with E-state index in [0.29, 0.717) is 17.5 Å². The van der Waals surface area contributed by atoms with Crippen LogP contribution in [-0.4, -0.2) is 19.5 Å². The maximum absolute atomic E-state index is 6.21. The molecule has 0 fully saturated rings. The number of nitrogens with zero attached hydrogens (tertiary/aromatic N) is 4. The van der Waals surface area contributed by atoms with Crippen molar-refractivity contribution in [2.45, 2.75) is 12.3 Å². The van der Waals surface area contributed by atoms with Crippen LogP contribution in [0.4, 0.5) is 0 Å². The fourth-order valence-electron chi connectivity index (χ4n) is 7.43. The average molecular weight is 643 g/mol. The van der Waals surface area contributed by atoms with Crippen molar-refractivity contribution in [3.8, 4) is 51.0 Å². The molecule has 3 heterocycles. The highest BCUT2D eigenvalue weighted by atomic mass is 16.5. The summed E-state index contributed by atoms with van der Waals surface area (Å²) < 4.78 is 8.64. The number of benzene rings is 6. The van der Waals surface area contributed by atoms with Gasteiger partial charge in [0.1, 0.15) is 11.5 Å². The topological polar surface area (TPSA) is 52.8 Å². The van der Waals surface area contributed by atoms with Crippen LogP contribution in [0, 0.1) is 0 Å². The maximum Gasteiger partial charge on any atom is 0.164 e. The Kier molecular flexibility index (Phi) is 6.56. The van der Waals surface area contributed by atoms with Gasteiger partial charge in [0.15, 0.2) is 17.5 Å². The van der Waals surface area contributed by atoms with Gasteiger partial charge in [-0.1, -0.05) is 121 Å². The van der Waals surface area contributed by atoms with Crippen LogP contribution in [0.2, 0.25) is 0 Å². The van der Waals surface area contributed by atoms with Crippen LogP contribution in [0.5, 0.6) is 5.75 Å². The van der Waals surface area contributed by atoms with Crippen molar-refractivity contribution in [1.82, 2.24) is 19.5 Å². The number of rotatable bonds is 5. The highest BCUT2D eigenvalue weighted by Crippen LogP contribution is 2.48. The summed E-state index contributed by atoms with van der Waals surface area (Å²) in [6.45, 7) is 0. The van der Waals surface area contributed by atoms with Crippen molar-refractivity contribution < 1.29 is 4.74 Å². The molecule has 2 aliphatic rings. The van der Waals surface area contributed by atoms with Crippen molar-refractivity contribution in [1.29, 1.82) is 0 Å². The van der Waals surface area contributed by atoms with Crippen molar-refractivity contribution in [2.75, 3.05) is 0 Å². The van der Waals surface area contributed by atoms with Crippen LogP contribution >= 0.6 is 0 Å². The van der Waals surface area contributed by atoms with E-state index in [0.717, 1.165) is 45.7 Å². The molecule has 0 saturated carbocycles. The van der Waals surface area contributed by atoms with E-state index in [1.54, 1.807) is 0 Å². The molecule has 0 spiro atoms. The quantitative estimate of drug-likeness (QED) is 0.187. The molecule has 236 valence electrons. The van der Waals surface area contributed by atoms with E-state index in [1.165, 1.54) is 33.1 Å². The third kappa shape index (κ3) is 4.74. The lowest BCUT2D eigenvalue weighted by Crippen LogP contribution is -2.08. The van der Waals surface area contributed by atoms with E-state index in [4.69, 9.17) is 19.7 Å². The maximum atomic E-state index is 6.21. The Bertz CT molecular complexity index is 2600. The van der Waals surface area contributed by atoms with Gasteiger partial charge in [0.2, 0.25) is 0 Å². The zero-order valence-corrected chi connectivity index (χ0v) is 27.1. The molecular weight excluding hydrogens is 613 g/mol. The normalized spacial score (nSPS) is 14.9. The summed E-state index contributed by atoms with van der Waals surface area (Å²) in [6, 6.07) is 52.6. The minimum Gasteiger partial charge on any atom is -0.461 e. The summed E-state index contributed by atoms with van der Waals surface area (Å²) in [7, 11) is 0. The summed E-state index contributed by atoms with van der Waals surface area (Å²) in [5, 5.41) is 2.46. The first-order valence-electron chi connectivity index (χ1n) is 17.0. The third-order valence-corrected chi connectivity index (χ3v) is 9.83. The molecule has 8 aromatic rings. The molecule has 5 heteroatoms. The first kappa shape index (κ1) is 28.4. The average Bonchev–Trinajstić information content (AvgIpc) is 3.73. The highest BCUT2D eigenvalue weighted by Gasteiger charge is 2.32. The first-order valence-corrected chi connectivity index (χ1v) is 17.0. The molecule has 1 aliphatic heterocycles. The fraction of sp³-hybridized carbons (Fsp3) is 0.0444. The fourth-order valence-corrected chi connectivity index (χ4v) is 7.43. The standard InChI is InChI=1S/C45H30N4O/c1-3-12-29(13-4-1)43-46-44(30-14-5-2-6-15-30)48-45(47-43)33-17-11-16-31(26-33)32-22-24-40-37(27-32)35-18-7-9-20-39(35)49(40)34-23-25-42-38(28-34)36-19-8-10-21-41(36)50-42/h1-27,38H,28H2. The lowest BCUT2D eigenvalue weighted by Gasteiger charge is -2.20. The molecule has 0 bridgehead atoms. The minimum atomic E-state index is 0.227. The van der Waals surface area contributed by atoms with E-state index in [2.05, 4.69) is 102 Å². The second-order valence-electron chi connectivity index (χ2n) is 12.8. The number of hydrogen-bond donors (Lipinski definition) is 0. The minimum absolute atomic E-state index is 0.227. The molecule has 2 aromatic heterocycles. The van der Waals surface area contributed by atoms with E-state index in [9.17, 15) is 0 Å². The van der Waals surface area contributed by atoms with Gasteiger partial charge in [-0.3, -0.25) is 0 Å². The summed E-state index contributed by atoms with van der Waals surface area (Å²) in [5.74, 6) is 4.18. The van der Waals surface area contributed by atoms with E-state index < -0.39 is 0 Å². The van der Waals surface area contributed by atoms with Crippen LogP contribution in [-0.2, 0) is 0 Å². The molecule has 1 unspecified atom stereocenters. The zero-order valence-electron chi connectivity index (χ0n) is 27.1. The molecule has 0 radical (unpaired) electrons. The van der Waals surface area contributed by atoms with E-state index >= 15 is 0 Å². The van der Waals surface area contributed by atoms with Crippen LogP contribution in [0.25, 0.3) is 72.8 Å². The lowest BCUT2D eigenvalue weighted by molar-refractivity contribution is 0.425. The van der Waals surface area contributed by atoms with Gasteiger partial charge in [-0.15, -0.1) is 0 Å². The van der Waals surface area contributed by atoms with Gasteiger partial charge in [-0.05, 0) is 53.6 Å². The van der Waals surface area contributed by atoms with Gasteiger partial charge in [0.25, 0.3) is 0 Å². The number of ether oxygens (including phenoxy) is 1. The van der Waals surface area contributed by atoms with Crippen LogP contribution in [0.1, 0.15) is 17.9 Å². The zero-order chi connectivity index (χ0) is 33.0. The first-order chi connectivity index (χ1) is 24.8. The molecule has 1 aliphatic carbocycles. The number of allylic oxidation sites excluding steroid dienone is 4. The van der Waals surface area contributed by atoms with E-state index in [-0.39, 0.29) is 5.92 Å². The Morgan fingerprint density at radius 1 is 0.480 bits per heavy atom. The molecule has 5 nitrogen and oxygen atoms in total. The second kappa shape index (κ2) is 11.5. The van der Waals surface area contributed by atoms with Gasteiger partial charge >= 0.3 is 0 Å². The van der Waals surface area contributed by atoms with Crippen molar-refractivity contribution in [3.63, 3.8) is 0 Å². The number of hydrogen-bond acceptors (Lipinski definition) is 4. The number of fused-ring (bicyclic) bond motifs is 6. The molecule has 6 aromatic carbocycles. The molecule has 50 heavy (non-hydrogen) atoms. The highest BCUT2D eigenvalue weighted by molar-refractivity contribution is 6.11. The van der Waals surface area contributed by atoms with E-state index in [1.807, 2.05) is 66.7 Å². The Hall–Kier alpha value is -6.59. The summed E-state index contributed by atoms with van der Waals surface area (Å²) in [5.41, 5.74) is 10.0. The molecule has 1 atom stereocenters. The Labute approximate surface area is 289 Å². The van der Waals surface area contributed by atoms with Crippen molar-refractivity contribution in [3.05, 3.63) is 175 Å². The monoisotopic (exact) mass is 642 g/mol. The molecular formula is C45H30N4O. The van der Waals surface area contributed by atoms with Gasteiger partial charge in [-0.25, -0.2) is 15.0 Å². The Morgan fingerprint density at radius 2 is 1.08 bits per heavy atom. The van der Waals surface area contributed by atoms with Crippen LogP contribution in [0.3, 0.4) is 0 Å². The molecule has 10 rings (SSSR count). The van der Waals surface area contributed by atoms with Gasteiger partial charge in [0, 0.05) is 45.1 Å². The predicted molar refractivity (Wildman–Crippen MR) is 201 cm³/mol. The van der Waals surface area contributed by atoms with Gasteiger partial charge < -0.3 is 9.30 Å². The second-order valence-corrected chi connectivity index (χ2v) is 12.8. The molecule has 0 saturated heterocycles. The lowest BCUT2D eigenvalue weighted by atomic mass is 9.90. The Morgan fingerprint density at radius 3 is 1.86 bits per heavy atom. The smallest absolute Gasteiger partial charge is 0.164 e. The van der Waals surface area contributed by atoms with Crippen molar-refractivity contribution >= 4 is 27.5 Å². The van der Waals surface area contributed by atoms with Gasteiger partial charge in [0.05, 0.1) is 17.0 Å². The molecule has 0 amide bonds. The number of para-hydroxylation sites is 2. The van der Waals surface area contributed by atoms with Crippen molar-refractivity contribution in [2.24, 2.45) is 0 Å². The summed E-state index contributed by atoms with van der Waals surface area (Å²) in [6.07, 6.45) is 5.25. The third-order valence-electron chi connectivity index (χ3n) is 9.83. The number of aromatic nitrogens is 4. The van der Waals surface area contributed by atoms with Gasteiger partial charge in [-0.2, -0.15) is 0 Å². The SMILES string of the molecule is C1=C2Oc3ccccc3C2CC(n2c3ccccc3c3cc(-c4cccc(-c5nc(-c6ccccc6)nc(-c6ccccc6)n5)c4)ccc32)=C1. The Balaban J connectivity index is 1.07. The summed E-state index contributed by atoms with van der Waals surface area (Å²) in [4.78, 5) is 14.8. The molecule has 0 N–H and O–H groups in total.